The zero-order valence-corrected chi connectivity index (χ0v) is 6.70. The number of allylic oxidation sites excluding steroid dienone is 1. The van der Waals surface area contributed by atoms with Crippen LogP contribution in [0.3, 0.4) is 0 Å². The average molecular weight is 196 g/mol. The van der Waals surface area contributed by atoms with E-state index in [9.17, 15) is 0 Å². The van der Waals surface area contributed by atoms with Crippen molar-refractivity contribution < 1.29 is 19.5 Å². The van der Waals surface area contributed by atoms with Crippen molar-refractivity contribution in [1.82, 2.24) is 0 Å². The zero-order valence-electron chi connectivity index (χ0n) is 4.97. The number of hydrogen-bond donors (Lipinski definition) is 0. The molecule has 1 aliphatic rings. The standard InChI is InChI=1S/C7H11.Ru/c1-7-5-3-2-4-6-7;/h2H,1,3-6H2;/q-1;+1. The van der Waals surface area contributed by atoms with E-state index in [0.29, 0.717) is 0 Å². The molecule has 0 aromatic heterocycles. The molecule has 47 valence electrons. The summed E-state index contributed by atoms with van der Waals surface area (Å²) in [5.41, 5.74) is 1.43. The predicted molar refractivity (Wildman–Crippen MR) is 31.9 cm³/mol. The third-order valence-corrected chi connectivity index (χ3v) is 1.40. The Morgan fingerprint density at radius 1 is 1.25 bits per heavy atom. The molecule has 0 aromatic carbocycles. The Bertz CT molecular complexity index is 68.5. The van der Waals surface area contributed by atoms with Gasteiger partial charge >= 0.3 is 19.5 Å². The van der Waals surface area contributed by atoms with E-state index >= 15 is 0 Å². The molecule has 1 fully saturated rings. The molecule has 1 rings (SSSR count). The Kier molecular flexibility index (Phi) is 4.46. The van der Waals surface area contributed by atoms with E-state index in [1.165, 1.54) is 31.3 Å². The summed E-state index contributed by atoms with van der Waals surface area (Å²) < 4.78 is 0. The number of rotatable bonds is 0. The van der Waals surface area contributed by atoms with Crippen LogP contribution < -0.4 is 0 Å². The predicted octanol–water partition coefficient (Wildman–Crippen LogP) is 2.32. The van der Waals surface area contributed by atoms with E-state index in [1.807, 2.05) is 0 Å². The van der Waals surface area contributed by atoms with Crippen LogP contribution in [0.4, 0.5) is 0 Å². The van der Waals surface area contributed by atoms with Crippen molar-refractivity contribution in [2.24, 2.45) is 0 Å². The summed E-state index contributed by atoms with van der Waals surface area (Å²) in [6.07, 6.45) is 7.34. The quantitative estimate of drug-likeness (QED) is 0.317. The number of hydrogen-bond acceptors (Lipinski definition) is 0. The van der Waals surface area contributed by atoms with Gasteiger partial charge in [-0.1, -0.05) is 18.4 Å². The van der Waals surface area contributed by atoms with Gasteiger partial charge in [-0.25, -0.2) is 0 Å². The molecule has 1 radical (unpaired) electrons. The second kappa shape index (κ2) is 4.26. The summed E-state index contributed by atoms with van der Waals surface area (Å²) >= 11 is 0. The van der Waals surface area contributed by atoms with E-state index < -0.39 is 0 Å². The first-order chi connectivity index (χ1) is 3.39. The van der Waals surface area contributed by atoms with Crippen LogP contribution in [0.2, 0.25) is 0 Å². The summed E-state index contributed by atoms with van der Waals surface area (Å²) in [5, 5.41) is 0. The second-order valence-electron chi connectivity index (χ2n) is 2.12. The van der Waals surface area contributed by atoms with Gasteiger partial charge in [-0.2, -0.15) is 12.8 Å². The van der Waals surface area contributed by atoms with E-state index in [4.69, 9.17) is 0 Å². The van der Waals surface area contributed by atoms with Gasteiger partial charge in [0.2, 0.25) is 0 Å². The Morgan fingerprint density at radius 2 is 1.75 bits per heavy atom. The van der Waals surface area contributed by atoms with Gasteiger partial charge in [-0.05, 0) is 0 Å². The maximum Gasteiger partial charge on any atom is 1.00 e. The topological polar surface area (TPSA) is 0 Å². The zero-order chi connectivity index (χ0) is 5.11. The molecule has 1 aliphatic carbocycles. The smallest absolute Gasteiger partial charge is 0.328 e. The van der Waals surface area contributed by atoms with Gasteiger partial charge in [0.05, 0.1) is 0 Å². The molecule has 0 aromatic rings. The maximum absolute atomic E-state index is 3.89. The van der Waals surface area contributed by atoms with E-state index in [2.05, 4.69) is 13.0 Å². The van der Waals surface area contributed by atoms with Crippen LogP contribution in [0.5, 0.6) is 0 Å². The Morgan fingerprint density at radius 3 is 2.00 bits per heavy atom. The SMILES string of the molecule is C=C1CC[CH-]CC1.[Ru+]. The van der Waals surface area contributed by atoms with Gasteiger partial charge in [0, 0.05) is 0 Å². The molecule has 0 N–H and O–H groups in total. The van der Waals surface area contributed by atoms with Crippen molar-refractivity contribution in [1.29, 1.82) is 0 Å². The van der Waals surface area contributed by atoms with Gasteiger partial charge in [0.15, 0.2) is 0 Å². The first-order valence-electron chi connectivity index (χ1n) is 2.88. The fourth-order valence-electron chi connectivity index (χ4n) is 0.882. The normalized spacial score (nSPS) is 19.8. The summed E-state index contributed by atoms with van der Waals surface area (Å²) in [7, 11) is 0. The van der Waals surface area contributed by atoms with Crippen molar-refractivity contribution >= 4 is 0 Å². The van der Waals surface area contributed by atoms with Crippen molar-refractivity contribution in [3.63, 3.8) is 0 Å². The minimum Gasteiger partial charge on any atom is -0.328 e. The van der Waals surface area contributed by atoms with E-state index in [-0.39, 0.29) is 19.5 Å². The molecule has 8 heavy (non-hydrogen) atoms. The fraction of sp³-hybridized carbons (Fsp3) is 0.571. The van der Waals surface area contributed by atoms with Crippen molar-refractivity contribution in [2.45, 2.75) is 25.7 Å². The molecule has 0 aliphatic heterocycles. The minimum absolute atomic E-state index is 0. The third-order valence-electron chi connectivity index (χ3n) is 1.40. The Labute approximate surface area is 64.1 Å². The maximum atomic E-state index is 3.89. The molecule has 0 unspecified atom stereocenters. The molecule has 0 amide bonds. The first kappa shape index (κ1) is 8.36. The molecule has 1 saturated carbocycles. The summed E-state index contributed by atoms with van der Waals surface area (Å²) in [6.45, 7) is 3.89. The largest absolute Gasteiger partial charge is 1.00 e. The summed E-state index contributed by atoms with van der Waals surface area (Å²) in [5.74, 6) is 0. The van der Waals surface area contributed by atoms with Crippen molar-refractivity contribution in [3.8, 4) is 0 Å². The molecule has 0 bridgehead atoms. The van der Waals surface area contributed by atoms with Gasteiger partial charge in [0.1, 0.15) is 0 Å². The van der Waals surface area contributed by atoms with Crippen LogP contribution in [0.25, 0.3) is 0 Å². The van der Waals surface area contributed by atoms with Crippen LogP contribution in [0.15, 0.2) is 12.2 Å². The van der Waals surface area contributed by atoms with Gasteiger partial charge in [0.25, 0.3) is 0 Å². The third kappa shape index (κ3) is 2.62. The molecular weight excluding hydrogens is 185 g/mol. The van der Waals surface area contributed by atoms with Crippen LogP contribution in [-0.2, 0) is 19.5 Å². The molecule has 0 spiro atoms. The van der Waals surface area contributed by atoms with Crippen LogP contribution in [0.1, 0.15) is 25.7 Å². The van der Waals surface area contributed by atoms with Crippen LogP contribution in [0, 0.1) is 6.42 Å². The van der Waals surface area contributed by atoms with Gasteiger partial charge in [-0.3, -0.25) is 0 Å². The molecule has 0 heterocycles. The monoisotopic (exact) mass is 197 g/mol. The van der Waals surface area contributed by atoms with Gasteiger partial charge in [-0.15, -0.1) is 6.58 Å². The van der Waals surface area contributed by atoms with Crippen LogP contribution in [-0.4, -0.2) is 0 Å². The second-order valence-corrected chi connectivity index (χ2v) is 2.12. The summed E-state index contributed by atoms with van der Waals surface area (Å²) in [6, 6.07) is 0. The minimum atomic E-state index is 0. The Balaban J connectivity index is 0.000000490. The fourth-order valence-corrected chi connectivity index (χ4v) is 0.882. The van der Waals surface area contributed by atoms with E-state index in [0.717, 1.165) is 0 Å². The molecule has 0 atom stereocenters. The first-order valence-corrected chi connectivity index (χ1v) is 2.88. The average Bonchev–Trinajstić information content (AvgIpc) is 1.69. The van der Waals surface area contributed by atoms with Crippen LogP contribution >= 0.6 is 0 Å². The van der Waals surface area contributed by atoms with Crippen molar-refractivity contribution in [2.75, 3.05) is 0 Å². The summed E-state index contributed by atoms with van der Waals surface area (Å²) in [4.78, 5) is 0. The van der Waals surface area contributed by atoms with E-state index in [1.54, 1.807) is 0 Å². The van der Waals surface area contributed by atoms with Crippen molar-refractivity contribution in [3.05, 3.63) is 18.6 Å². The molecular formula is C7H11Ru. The molecule has 1 heteroatoms. The molecule has 0 nitrogen and oxygen atoms in total. The Hall–Kier alpha value is 0.363. The molecule has 0 saturated heterocycles. The van der Waals surface area contributed by atoms with Gasteiger partial charge < -0.3 is 6.42 Å².